The van der Waals surface area contributed by atoms with Crippen molar-refractivity contribution in [3.05, 3.63) is 131 Å². The first-order valence-electron chi connectivity index (χ1n) is 24.2. The van der Waals surface area contributed by atoms with Gasteiger partial charge in [-0.1, -0.05) is 59.6 Å². The Morgan fingerprint density at radius 3 is 1.51 bits per heavy atom. The predicted molar refractivity (Wildman–Crippen MR) is 286 cm³/mol. The first-order valence-corrected chi connectivity index (χ1v) is 25.0. The largest absolute Gasteiger partial charge is 0.444 e. The predicted octanol–water partition coefficient (Wildman–Crippen LogP) is 10.6. The van der Waals surface area contributed by atoms with E-state index in [0.29, 0.717) is 67.2 Å². The van der Waals surface area contributed by atoms with Crippen LogP contribution in [0.2, 0.25) is 10.0 Å². The molecule has 2 saturated carbocycles. The molecular weight excluding hydrogens is 968 g/mol. The SMILES string of the molecule is CC(C)(C)OC(=O)Nc1ccc(C(=O)N[C@H]2CCC[C@@H](Nc3ncc(Cl)c(-c4n[nH]c5ccccc45)n3)C2)cc1.Nc1ccc(C(=O)N[C@H]2CCC[C@@H](Nc3ncc(Cl)c(-c4n[nH]c5ccccc45)n3)C2)cc1. The Morgan fingerprint density at radius 2 is 1.04 bits per heavy atom. The number of para-hydroxylation sites is 2. The maximum absolute atomic E-state index is 12.9. The summed E-state index contributed by atoms with van der Waals surface area (Å²) in [4.78, 5) is 55.6. The molecule has 20 heteroatoms. The standard InChI is InChI=1S/C29H32ClN7O3.C24H24ClN7O/c1-29(2,3)40-28(39)34-18-13-11-17(12-14-18)26(38)32-19-7-6-8-20(15-19)33-27-31-16-22(30)25(35-27)24-21-9-4-5-10-23(21)36-37-24;25-19-13-27-24(30-22(19)21-18-6-1-2-7-20(18)31-32-21)29-17-5-3-4-16(12-17)28-23(33)14-8-10-15(26)11-9-14/h4-5,9-14,16,19-20H,6-8,15H2,1-3H3,(H,32,38)(H,34,39)(H,36,37)(H,31,33,35);1-2,6-11,13,16-17H,3-5,12,26H2,(H,28,33)(H,31,32)(H,27,29,30)/t19-,20+;16-,17+/m00/s1. The number of amides is 3. The summed E-state index contributed by atoms with van der Waals surface area (Å²) in [5, 5.41) is 33.4. The maximum atomic E-state index is 12.9. The summed E-state index contributed by atoms with van der Waals surface area (Å²) in [5.41, 5.74) is 11.8. The summed E-state index contributed by atoms with van der Waals surface area (Å²) in [7, 11) is 0. The van der Waals surface area contributed by atoms with Gasteiger partial charge < -0.3 is 31.7 Å². The average Bonchev–Trinajstić information content (AvgIpc) is 4.01. The van der Waals surface area contributed by atoms with Crippen molar-refractivity contribution in [2.24, 2.45) is 0 Å². The second kappa shape index (κ2) is 22.3. The fourth-order valence-electron chi connectivity index (χ4n) is 9.06. The van der Waals surface area contributed by atoms with Crippen LogP contribution in [0.4, 0.5) is 28.1 Å². The Balaban J connectivity index is 0.000000183. The summed E-state index contributed by atoms with van der Waals surface area (Å²) < 4.78 is 5.27. The lowest BCUT2D eigenvalue weighted by Gasteiger charge is -2.30. The molecule has 4 atom stereocenters. The average molecular weight is 1020 g/mol. The van der Waals surface area contributed by atoms with Gasteiger partial charge in [0.25, 0.3) is 11.8 Å². The van der Waals surface area contributed by atoms with Crippen LogP contribution in [0.25, 0.3) is 44.6 Å². The topological polar surface area (TPSA) is 256 Å². The van der Waals surface area contributed by atoms with Crippen molar-refractivity contribution in [3.63, 3.8) is 0 Å². The second-order valence-electron chi connectivity index (χ2n) is 19.2. The van der Waals surface area contributed by atoms with Gasteiger partial charge in [0.1, 0.15) is 28.4 Å². The summed E-state index contributed by atoms with van der Waals surface area (Å²) in [6, 6.07) is 29.6. The van der Waals surface area contributed by atoms with Gasteiger partial charge >= 0.3 is 6.09 Å². The van der Waals surface area contributed by atoms with Crippen LogP contribution in [0.1, 0.15) is 92.9 Å². The fraction of sp³-hybridized carbons (Fsp3) is 0.302. The number of nitrogen functional groups attached to an aromatic ring is 1. The molecule has 10 rings (SSSR count). The number of carbonyl (C=O) groups is 3. The zero-order valence-electron chi connectivity index (χ0n) is 40.5. The van der Waals surface area contributed by atoms with E-state index in [2.05, 4.69) is 66.9 Å². The highest BCUT2D eigenvalue weighted by Crippen LogP contribution is 2.33. The third kappa shape index (κ3) is 12.8. The van der Waals surface area contributed by atoms with E-state index in [9.17, 15) is 14.4 Å². The van der Waals surface area contributed by atoms with Crippen molar-refractivity contribution in [1.82, 2.24) is 51.0 Å². The van der Waals surface area contributed by atoms with Gasteiger partial charge in [-0.15, -0.1) is 0 Å². The normalized spacial score (nSPS) is 17.7. The van der Waals surface area contributed by atoms with E-state index in [1.165, 1.54) is 0 Å². The Morgan fingerprint density at radius 1 is 0.603 bits per heavy atom. The summed E-state index contributed by atoms with van der Waals surface area (Å²) >= 11 is 12.9. The summed E-state index contributed by atoms with van der Waals surface area (Å²) in [6.07, 6.45) is 9.83. The van der Waals surface area contributed by atoms with E-state index in [1.807, 2.05) is 48.5 Å². The molecule has 18 nitrogen and oxygen atoms in total. The van der Waals surface area contributed by atoms with Gasteiger partial charge in [-0.3, -0.25) is 25.1 Å². The lowest BCUT2D eigenvalue weighted by Crippen LogP contribution is -2.42. The Bertz CT molecular complexity index is 3230. The number of aromatic amines is 2. The Kier molecular flexibility index (Phi) is 15.3. The van der Waals surface area contributed by atoms with Gasteiger partial charge in [-0.25, -0.2) is 24.7 Å². The van der Waals surface area contributed by atoms with Crippen molar-refractivity contribution in [3.8, 4) is 22.8 Å². The number of benzene rings is 4. The van der Waals surface area contributed by atoms with Crippen molar-refractivity contribution in [2.45, 2.75) is 102 Å². The summed E-state index contributed by atoms with van der Waals surface area (Å²) in [5.74, 6) is 0.717. The number of fused-ring (bicyclic) bond motifs is 2. The van der Waals surface area contributed by atoms with E-state index >= 15 is 0 Å². The van der Waals surface area contributed by atoms with Crippen LogP contribution >= 0.6 is 23.2 Å². The van der Waals surface area contributed by atoms with Gasteiger partial charge in [0, 0.05) is 57.4 Å². The van der Waals surface area contributed by atoms with E-state index < -0.39 is 11.7 Å². The molecule has 0 saturated heterocycles. The van der Waals surface area contributed by atoms with Gasteiger partial charge in [0.05, 0.1) is 33.5 Å². The lowest BCUT2D eigenvalue weighted by atomic mass is 9.91. The molecule has 0 spiro atoms. The molecule has 3 amide bonds. The van der Waals surface area contributed by atoms with Gasteiger partial charge in [0.2, 0.25) is 11.9 Å². The molecule has 0 aliphatic heterocycles. The highest BCUT2D eigenvalue weighted by Gasteiger charge is 2.27. The molecule has 4 heterocycles. The molecule has 2 fully saturated rings. The molecule has 4 aromatic heterocycles. The van der Waals surface area contributed by atoms with Crippen molar-refractivity contribution >= 4 is 86.2 Å². The van der Waals surface area contributed by atoms with Crippen LogP contribution in [0.15, 0.2) is 109 Å². The highest BCUT2D eigenvalue weighted by atomic mass is 35.5. The zero-order valence-corrected chi connectivity index (χ0v) is 42.0. The molecule has 8 aromatic rings. The molecule has 2 aliphatic carbocycles. The van der Waals surface area contributed by atoms with E-state index in [0.717, 1.165) is 73.2 Å². The van der Waals surface area contributed by atoms with E-state index in [4.69, 9.17) is 33.7 Å². The smallest absolute Gasteiger partial charge is 0.412 e. The second-order valence-corrected chi connectivity index (χ2v) is 20.0. The zero-order chi connectivity index (χ0) is 51.1. The monoisotopic (exact) mass is 1020 g/mol. The fourth-order valence-corrected chi connectivity index (χ4v) is 9.42. The minimum absolute atomic E-state index is 0.000342. The Hall–Kier alpha value is -7.83. The molecule has 73 heavy (non-hydrogen) atoms. The maximum Gasteiger partial charge on any atom is 0.412 e. The van der Waals surface area contributed by atoms with E-state index in [-0.39, 0.29) is 36.0 Å². The van der Waals surface area contributed by atoms with Crippen LogP contribution in [-0.2, 0) is 4.74 Å². The number of nitrogens with one attached hydrogen (secondary N) is 7. The van der Waals surface area contributed by atoms with Gasteiger partial charge in [-0.2, -0.15) is 10.2 Å². The number of aromatic nitrogens is 8. The van der Waals surface area contributed by atoms with Crippen molar-refractivity contribution in [1.29, 1.82) is 0 Å². The van der Waals surface area contributed by atoms with Crippen molar-refractivity contribution in [2.75, 3.05) is 21.7 Å². The van der Waals surface area contributed by atoms with Crippen LogP contribution in [0.5, 0.6) is 0 Å². The minimum Gasteiger partial charge on any atom is -0.444 e. The molecule has 376 valence electrons. The Labute approximate surface area is 431 Å². The number of halogens is 2. The van der Waals surface area contributed by atoms with Crippen LogP contribution in [-0.4, -0.2) is 88.0 Å². The number of ether oxygens (including phenoxy) is 1. The number of carbonyl (C=O) groups excluding carboxylic acids is 3. The third-order valence-electron chi connectivity index (χ3n) is 12.5. The molecule has 9 N–H and O–H groups in total. The highest BCUT2D eigenvalue weighted by molar-refractivity contribution is 6.33. The molecule has 0 radical (unpaired) electrons. The molecular formula is C53H56Cl2N14O4. The number of hydrogen-bond donors (Lipinski definition) is 8. The van der Waals surface area contributed by atoms with Crippen molar-refractivity contribution < 1.29 is 19.1 Å². The lowest BCUT2D eigenvalue weighted by molar-refractivity contribution is 0.0635. The number of hydrogen-bond acceptors (Lipinski definition) is 13. The first kappa shape index (κ1) is 50.1. The summed E-state index contributed by atoms with van der Waals surface area (Å²) in [6.45, 7) is 5.40. The quantitative estimate of drug-likeness (QED) is 0.0562. The van der Waals surface area contributed by atoms with Crippen LogP contribution < -0.4 is 32.3 Å². The minimum atomic E-state index is -0.590. The van der Waals surface area contributed by atoms with Crippen LogP contribution in [0.3, 0.4) is 0 Å². The molecule has 4 aromatic carbocycles. The number of anilines is 4. The van der Waals surface area contributed by atoms with Gasteiger partial charge in [0.15, 0.2) is 0 Å². The number of nitrogens with zero attached hydrogens (tertiary/aromatic N) is 6. The van der Waals surface area contributed by atoms with E-state index in [1.54, 1.807) is 81.7 Å². The molecule has 0 bridgehead atoms. The number of rotatable bonds is 11. The molecule has 0 unspecified atom stereocenters. The number of H-pyrrole nitrogens is 2. The number of nitrogens with two attached hydrogens (primary N) is 1. The van der Waals surface area contributed by atoms with Crippen LogP contribution in [0, 0.1) is 0 Å². The first-order chi connectivity index (χ1) is 35.2. The van der Waals surface area contributed by atoms with Gasteiger partial charge in [-0.05, 0) is 133 Å². The molecule has 2 aliphatic rings. The third-order valence-corrected chi connectivity index (χ3v) is 13.1.